The molecule has 0 saturated heterocycles. The molecule has 1 aromatic heterocycles. The molecule has 11 rings (SSSR count). The van der Waals surface area contributed by atoms with Crippen molar-refractivity contribution in [3.63, 3.8) is 0 Å². The molecule has 67 heavy (non-hydrogen) atoms. The van der Waals surface area contributed by atoms with Crippen LogP contribution in [0, 0.1) is 20.8 Å². The summed E-state index contributed by atoms with van der Waals surface area (Å²) in [6.45, 7) is 43.5. The minimum absolute atomic E-state index is 0.0396. The van der Waals surface area contributed by atoms with Gasteiger partial charge in [-0.3, -0.25) is 0 Å². The summed E-state index contributed by atoms with van der Waals surface area (Å²) in [6, 6.07) is 27.8. The number of hydrogen-bond acceptors (Lipinski definition) is 3. The monoisotopic (exact) mass is 889 g/mol. The molecule has 0 N–H and O–H groups in total. The highest BCUT2D eigenvalue weighted by Gasteiger charge is 2.50. The summed E-state index contributed by atoms with van der Waals surface area (Å²) in [5, 5.41) is 1.23. The maximum absolute atomic E-state index is 7.69. The molecule has 0 saturated carbocycles. The van der Waals surface area contributed by atoms with Crippen molar-refractivity contribution < 1.29 is 4.42 Å². The summed E-state index contributed by atoms with van der Waals surface area (Å²) in [6.07, 6.45) is 7.08. The van der Waals surface area contributed by atoms with Gasteiger partial charge in [0, 0.05) is 33.8 Å². The third-order valence-corrected chi connectivity index (χ3v) is 18.5. The maximum atomic E-state index is 7.69. The van der Waals surface area contributed by atoms with Gasteiger partial charge in [-0.2, -0.15) is 0 Å². The number of hydrogen-bond donors (Lipinski definition) is 0. The average Bonchev–Trinajstić information content (AvgIpc) is 3.60. The van der Waals surface area contributed by atoms with Crippen molar-refractivity contribution in [1.29, 1.82) is 0 Å². The zero-order valence-electron chi connectivity index (χ0n) is 44.5. The molecule has 3 heterocycles. The van der Waals surface area contributed by atoms with Crippen LogP contribution >= 0.6 is 0 Å². The molecule has 0 spiro atoms. The lowest BCUT2D eigenvalue weighted by Crippen LogP contribution is -2.61. The van der Waals surface area contributed by atoms with E-state index < -0.39 is 0 Å². The Bertz CT molecular complexity index is 3120. The summed E-state index contributed by atoms with van der Waals surface area (Å²) in [5.41, 5.74) is 26.9. The Morgan fingerprint density at radius 1 is 0.463 bits per heavy atom. The molecule has 5 aromatic carbocycles. The topological polar surface area (TPSA) is 19.6 Å². The average molecular weight is 889 g/mol. The number of aryl methyl sites for hydroxylation is 3. The van der Waals surface area contributed by atoms with E-state index in [0.29, 0.717) is 0 Å². The fourth-order valence-corrected chi connectivity index (χ4v) is 13.6. The van der Waals surface area contributed by atoms with Gasteiger partial charge >= 0.3 is 0 Å². The largest absolute Gasteiger partial charge is 0.468 e. The second kappa shape index (κ2) is 13.8. The molecule has 0 amide bonds. The first kappa shape index (κ1) is 44.8. The van der Waals surface area contributed by atoms with Crippen molar-refractivity contribution in [2.75, 3.05) is 9.80 Å². The predicted octanol–water partition coefficient (Wildman–Crippen LogP) is 15.8. The highest BCUT2D eigenvalue weighted by atomic mass is 16.3. The van der Waals surface area contributed by atoms with Crippen LogP contribution in [0.15, 0.2) is 71.1 Å². The predicted molar refractivity (Wildman–Crippen MR) is 289 cm³/mol. The van der Waals surface area contributed by atoms with Crippen LogP contribution in [-0.2, 0) is 37.9 Å². The number of benzene rings is 5. The van der Waals surface area contributed by atoms with Crippen molar-refractivity contribution in [3.8, 4) is 0 Å². The van der Waals surface area contributed by atoms with Crippen molar-refractivity contribution in [1.82, 2.24) is 0 Å². The van der Waals surface area contributed by atoms with E-state index >= 15 is 0 Å². The lowest BCUT2D eigenvalue weighted by atomic mass is 9.35. The lowest BCUT2D eigenvalue weighted by molar-refractivity contribution is 0.332. The standard InChI is InChI=1S/C63H77BN2O/c1-36-27-51-54-52(28-36)66(50-34-45-42(30-38(50)3)59(9,10)22-25-62(45,15)16)55-40-32-43-46(63(17,18)26-23-60(43,11)12)35-53(40)67-56(55)64(54)47-31-39(57(4,5)6)19-20-48(47)65(51)49-33-44-41(29-37(49)2)58(7,8)21-24-61(44,13)14/h19-20,27-35H,21-26H2,1-18H3. The number of anilines is 6. The number of furan rings is 1. The van der Waals surface area contributed by atoms with E-state index in [1.165, 1.54) is 138 Å². The van der Waals surface area contributed by atoms with Crippen LogP contribution < -0.4 is 26.4 Å². The number of nitrogens with zero attached hydrogens (tertiary/aromatic N) is 2. The molecule has 3 nitrogen and oxygen atoms in total. The summed E-state index contributed by atoms with van der Waals surface area (Å²) in [7, 11) is 0. The third kappa shape index (κ3) is 6.42. The van der Waals surface area contributed by atoms with Crippen LogP contribution in [0.3, 0.4) is 0 Å². The van der Waals surface area contributed by atoms with E-state index in [1.54, 1.807) is 0 Å². The van der Waals surface area contributed by atoms with E-state index in [4.69, 9.17) is 4.42 Å². The molecule has 6 aromatic rings. The van der Waals surface area contributed by atoms with Crippen molar-refractivity contribution in [2.24, 2.45) is 0 Å². The Hall–Kier alpha value is -4.70. The molecular weight excluding hydrogens is 812 g/mol. The molecule has 3 aliphatic carbocycles. The van der Waals surface area contributed by atoms with Gasteiger partial charge in [-0.05, 0) is 206 Å². The molecule has 5 aliphatic rings. The third-order valence-electron chi connectivity index (χ3n) is 18.5. The van der Waals surface area contributed by atoms with Crippen LogP contribution in [0.25, 0.3) is 11.0 Å². The van der Waals surface area contributed by atoms with Crippen molar-refractivity contribution >= 4 is 68.4 Å². The molecule has 0 fully saturated rings. The van der Waals surface area contributed by atoms with Gasteiger partial charge in [-0.1, -0.05) is 128 Å². The van der Waals surface area contributed by atoms with E-state index in [9.17, 15) is 0 Å². The van der Waals surface area contributed by atoms with Gasteiger partial charge < -0.3 is 14.2 Å². The van der Waals surface area contributed by atoms with Gasteiger partial charge in [-0.25, -0.2) is 0 Å². The van der Waals surface area contributed by atoms with Gasteiger partial charge in [-0.15, -0.1) is 0 Å². The summed E-state index contributed by atoms with van der Waals surface area (Å²) in [5.74, 6) is 0. The lowest BCUT2D eigenvalue weighted by Gasteiger charge is -2.46. The van der Waals surface area contributed by atoms with Crippen LogP contribution in [0.2, 0.25) is 0 Å². The fraction of sp³-hybridized carbons (Fsp3) is 0.492. The van der Waals surface area contributed by atoms with Gasteiger partial charge in [0.15, 0.2) is 0 Å². The van der Waals surface area contributed by atoms with Crippen LogP contribution in [-0.4, -0.2) is 6.71 Å². The molecule has 348 valence electrons. The van der Waals surface area contributed by atoms with Gasteiger partial charge in [0.2, 0.25) is 0 Å². The normalized spacial score (nSPS) is 21.0. The van der Waals surface area contributed by atoms with E-state index in [0.717, 1.165) is 17.7 Å². The minimum Gasteiger partial charge on any atom is -0.468 e. The van der Waals surface area contributed by atoms with Crippen LogP contribution in [0.1, 0.15) is 198 Å². The minimum atomic E-state index is -0.0996. The maximum Gasteiger partial charge on any atom is 0.297 e. The summed E-state index contributed by atoms with van der Waals surface area (Å²) in [4.78, 5) is 5.35. The van der Waals surface area contributed by atoms with Crippen LogP contribution in [0.4, 0.5) is 34.1 Å². The van der Waals surface area contributed by atoms with Gasteiger partial charge in [0.1, 0.15) is 5.58 Å². The zero-order valence-corrected chi connectivity index (χ0v) is 44.5. The highest BCUT2D eigenvalue weighted by molar-refractivity contribution is 7.00. The SMILES string of the molecule is Cc1cc2c3c(c1)N(c1cc4c(cc1C)C(C)(C)CCC4(C)C)c1c(oc4cc5c(cc14)C(C)(C)CCC5(C)C)B3c1cc(C(C)(C)C)ccc1N2c1cc2c(cc1C)C(C)(C)CCC2(C)C. The van der Waals surface area contributed by atoms with Gasteiger partial charge in [0.25, 0.3) is 6.71 Å². The Morgan fingerprint density at radius 2 is 0.881 bits per heavy atom. The smallest absolute Gasteiger partial charge is 0.297 e. The highest BCUT2D eigenvalue weighted by Crippen LogP contribution is 2.55. The molecule has 0 unspecified atom stereocenters. The first-order valence-corrected chi connectivity index (χ1v) is 25.8. The molecule has 2 aliphatic heterocycles. The quantitative estimate of drug-likeness (QED) is 0.161. The molecule has 0 bridgehead atoms. The van der Waals surface area contributed by atoms with Gasteiger partial charge in [0.05, 0.1) is 11.3 Å². The number of rotatable bonds is 2. The summed E-state index contributed by atoms with van der Waals surface area (Å²) < 4.78 is 7.69. The second-order valence-corrected chi connectivity index (χ2v) is 27.2. The van der Waals surface area contributed by atoms with E-state index in [-0.39, 0.29) is 44.6 Å². The Balaban J connectivity index is 1.28. The molecule has 0 radical (unpaired) electrons. The Labute approximate surface area is 404 Å². The molecular formula is C63H77BN2O. The molecule has 4 heteroatoms. The Kier molecular flexibility index (Phi) is 9.20. The van der Waals surface area contributed by atoms with E-state index in [1.807, 2.05) is 0 Å². The van der Waals surface area contributed by atoms with Crippen molar-refractivity contribution in [2.45, 2.75) is 201 Å². The van der Waals surface area contributed by atoms with E-state index in [2.05, 4.69) is 201 Å². The van der Waals surface area contributed by atoms with Crippen molar-refractivity contribution in [3.05, 3.63) is 122 Å². The Morgan fingerprint density at radius 3 is 1.36 bits per heavy atom. The first-order chi connectivity index (χ1) is 31.0. The molecule has 0 atom stereocenters. The summed E-state index contributed by atoms with van der Waals surface area (Å²) >= 11 is 0. The number of fused-ring (bicyclic) bond motifs is 9. The fourth-order valence-electron chi connectivity index (χ4n) is 13.6. The zero-order chi connectivity index (χ0) is 48.1. The second-order valence-electron chi connectivity index (χ2n) is 27.2. The first-order valence-electron chi connectivity index (χ1n) is 25.8. The van der Waals surface area contributed by atoms with Crippen LogP contribution in [0.5, 0.6) is 0 Å².